The highest BCUT2D eigenvalue weighted by Gasteiger charge is 2.02. The highest BCUT2D eigenvalue weighted by atomic mass is 16.5. The van der Waals surface area contributed by atoms with Crippen LogP contribution in [0, 0.1) is 0 Å². The quantitative estimate of drug-likeness (QED) is 0.127. The molecule has 0 fully saturated rings. The molecular weight excluding hydrogens is 308 g/mol. The Labute approximate surface area is 157 Å². The Hall–Kier alpha value is -0.790. The first-order valence-corrected chi connectivity index (χ1v) is 11.1. The first-order chi connectivity index (χ1) is 12.3. The van der Waals surface area contributed by atoms with E-state index in [1.165, 1.54) is 83.5 Å². The number of unbranched alkanes of at least 4 members (excludes halogenated alkanes) is 15. The molecule has 0 amide bonds. The molecule has 0 saturated heterocycles. The minimum absolute atomic E-state index is 0.00239. The summed E-state index contributed by atoms with van der Waals surface area (Å²) in [5, 5.41) is 0. The van der Waals surface area contributed by atoms with Gasteiger partial charge in [-0.15, -0.1) is 6.58 Å². The molecule has 25 heavy (non-hydrogen) atoms. The van der Waals surface area contributed by atoms with E-state index in [0.29, 0.717) is 13.0 Å². The SMILES string of the molecule is C=CCCCCCCCCC(=O)OCCCCCCCCCCCC. The second-order valence-electron chi connectivity index (χ2n) is 7.35. The lowest BCUT2D eigenvalue weighted by Crippen LogP contribution is -2.05. The smallest absolute Gasteiger partial charge is 0.305 e. The van der Waals surface area contributed by atoms with E-state index in [1.54, 1.807) is 0 Å². The van der Waals surface area contributed by atoms with E-state index < -0.39 is 0 Å². The zero-order chi connectivity index (χ0) is 18.4. The summed E-state index contributed by atoms with van der Waals surface area (Å²) in [6, 6.07) is 0. The van der Waals surface area contributed by atoms with E-state index in [0.717, 1.165) is 25.7 Å². The van der Waals surface area contributed by atoms with Gasteiger partial charge < -0.3 is 4.74 Å². The van der Waals surface area contributed by atoms with Gasteiger partial charge >= 0.3 is 5.97 Å². The summed E-state index contributed by atoms with van der Waals surface area (Å²) >= 11 is 0. The molecule has 0 spiro atoms. The van der Waals surface area contributed by atoms with Crippen LogP contribution in [0.25, 0.3) is 0 Å². The lowest BCUT2D eigenvalue weighted by Gasteiger charge is -2.05. The molecule has 0 heterocycles. The lowest BCUT2D eigenvalue weighted by molar-refractivity contribution is -0.143. The molecule has 2 heteroatoms. The molecule has 0 rings (SSSR count). The number of rotatable bonds is 20. The van der Waals surface area contributed by atoms with Crippen LogP contribution in [0.15, 0.2) is 12.7 Å². The van der Waals surface area contributed by atoms with Crippen molar-refractivity contribution in [1.82, 2.24) is 0 Å². The monoisotopic (exact) mass is 352 g/mol. The van der Waals surface area contributed by atoms with Crippen molar-refractivity contribution in [2.24, 2.45) is 0 Å². The molecular formula is C23H44O2. The number of hydrogen-bond acceptors (Lipinski definition) is 2. The van der Waals surface area contributed by atoms with Crippen molar-refractivity contribution in [3.8, 4) is 0 Å². The zero-order valence-electron chi connectivity index (χ0n) is 17.0. The van der Waals surface area contributed by atoms with Gasteiger partial charge in [-0.2, -0.15) is 0 Å². The van der Waals surface area contributed by atoms with Crippen molar-refractivity contribution in [1.29, 1.82) is 0 Å². The van der Waals surface area contributed by atoms with Crippen molar-refractivity contribution < 1.29 is 9.53 Å². The van der Waals surface area contributed by atoms with Crippen molar-refractivity contribution in [2.45, 2.75) is 122 Å². The van der Waals surface area contributed by atoms with Crippen molar-refractivity contribution in [2.75, 3.05) is 6.61 Å². The predicted octanol–water partition coefficient (Wildman–Crippen LogP) is 7.76. The summed E-state index contributed by atoms with van der Waals surface area (Å²) < 4.78 is 5.32. The molecule has 2 nitrogen and oxygen atoms in total. The molecule has 0 atom stereocenters. The van der Waals surface area contributed by atoms with Crippen LogP contribution in [0.4, 0.5) is 0 Å². The highest BCUT2D eigenvalue weighted by molar-refractivity contribution is 5.69. The van der Waals surface area contributed by atoms with E-state index in [-0.39, 0.29) is 5.97 Å². The number of carbonyl (C=O) groups excluding carboxylic acids is 1. The molecule has 0 aliphatic rings. The Balaban J connectivity index is 3.14. The molecule has 148 valence electrons. The fraction of sp³-hybridized carbons (Fsp3) is 0.870. The molecule has 0 aromatic heterocycles. The Bertz CT molecular complexity index is 286. The fourth-order valence-electron chi connectivity index (χ4n) is 3.11. The minimum atomic E-state index is 0.00239. The number of esters is 1. The molecule has 0 unspecified atom stereocenters. The van der Waals surface area contributed by atoms with Gasteiger partial charge in [0, 0.05) is 6.42 Å². The van der Waals surface area contributed by atoms with Gasteiger partial charge in [-0.05, 0) is 25.7 Å². The molecule has 0 aliphatic carbocycles. The van der Waals surface area contributed by atoms with E-state index >= 15 is 0 Å². The maximum absolute atomic E-state index is 11.6. The average Bonchev–Trinajstić information content (AvgIpc) is 2.62. The third-order valence-corrected chi connectivity index (χ3v) is 4.80. The first kappa shape index (κ1) is 24.2. The second kappa shape index (κ2) is 21.3. The summed E-state index contributed by atoms with van der Waals surface area (Å²) in [5.74, 6) is 0.00239. The van der Waals surface area contributed by atoms with E-state index in [1.807, 2.05) is 6.08 Å². The fourth-order valence-corrected chi connectivity index (χ4v) is 3.11. The molecule has 0 N–H and O–H groups in total. The van der Waals surface area contributed by atoms with Crippen LogP contribution in [0.5, 0.6) is 0 Å². The Morgan fingerprint density at radius 1 is 0.720 bits per heavy atom. The van der Waals surface area contributed by atoms with Gasteiger partial charge in [0.25, 0.3) is 0 Å². The van der Waals surface area contributed by atoms with Crippen molar-refractivity contribution in [3.05, 3.63) is 12.7 Å². The number of carbonyl (C=O) groups is 1. The molecule has 0 saturated carbocycles. The average molecular weight is 353 g/mol. The van der Waals surface area contributed by atoms with E-state index in [2.05, 4.69) is 13.5 Å². The molecule has 0 radical (unpaired) electrons. The van der Waals surface area contributed by atoms with Gasteiger partial charge in [0.15, 0.2) is 0 Å². The first-order valence-electron chi connectivity index (χ1n) is 11.1. The third-order valence-electron chi connectivity index (χ3n) is 4.80. The van der Waals surface area contributed by atoms with Gasteiger partial charge in [-0.25, -0.2) is 0 Å². The standard InChI is InChI=1S/C23H44O2/c1-3-5-7-9-11-13-14-16-18-20-22-25-23(24)21-19-17-15-12-10-8-6-4-2/h4H,2-3,5-22H2,1H3. The van der Waals surface area contributed by atoms with Gasteiger partial charge in [-0.3, -0.25) is 4.79 Å². The summed E-state index contributed by atoms with van der Waals surface area (Å²) in [6.07, 6.45) is 24.1. The van der Waals surface area contributed by atoms with Crippen molar-refractivity contribution in [3.63, 3.8) is 0 Å². The summed E-state index contributed by atoms with van der Waals surface area (Å²) in [4.78, 5) is 11.6. The topological polar surface area (TPSA) is 26.3 Å². The van der Waals surface area contributed by atoms with Crippen LogP contribution >= 0.6 is 0 Å². The highest BCUT2D eigenvalue weighted by Crippen LogP contribution is 2.11. The number of ether oxygens (including phenoxy) is 1. The van der Waals surface area contributed by atoms with Crippen LogP contribution in [-0.2, 0) is 9.53 Å². The van der Waals surface area contributed by atoms with Gasteiger partial charge in [0.05, 0.1) is 6.61 Å². The zero-order valence-corrected chi connectivity index (χ0v) is 17.0. The molecule has 0 aliphatic heterocycles. The van der Waals surface area contributed by atoms with Crippen LogP contribution in [0.3, 0.4) is 0 Å². The van der Waals surface area contributed by atoms with Crippen LogP contribution < -0.4 is 0 Å². The summed E-state index contributed by atoms with van der Waals surface area (Å²) in [7, 11) is 0. The Morgan fingerprint density at radius 3 is 1.76 bits per heavy atom. The largest absolute Gasteiger partial charge is 0.466 e. The number of hydrogen-bond donors (Lipinski definition) is 0. The molecule has 0 aromatic carbocycles. The lowest BCUT2D eigenvalue weighted by atomic mass is 10.1. The van der Waals surface area contributed by atoms with Gasteiger partial charge in [0.1, 0.15) is 0 Å². The second-order valence-corrected chi connectivity index (χ2v) is 7.35. The number of allylic oxidation sites excluding steroid dienone is 1. The van der Waals surface area contributed by atoms with Crippen molar-refractivity contribution >= 4 is 5.97 Å². The van der Waals surface area contributed by atoms with E-state index in [9.17, 15) is 4.79 Å². The van der Waals surface area contributed by atoms with Crippen LogP contribution in [0.2, 0.25) is 0 Å². The predicted molar refractivity (Wildman–Crippen MR) is 110 cm³/mol. The maximum atomic E-state index is 11.6. The Morgan fingerprint density at radius 2 is 1.20 bits per heavy atom. The van der Waals surface area contributed by atoms with Crippen LogP contribution in [-0.4, -0.2) is 12.6 Å². The van der Waals surface area contributed by atoms with Gasteiger partial charge in [-0.1, -0.05) is 96.5 Å². The normalized spacial score (nSPS) is 10.8. The third kappa shape index (κ3) is 21.2. The summed E-state index contributed by atoms with van der Waals surface area (Å²) in [5.41, 5.74) is 0. The Kier molecular flexibility index (Phi) is 20.6. The molecule has 0 aromatic rings. The minimum Gasteiger partial charge on any atom is -0.466 e. The van der Waals surface area contributed by atoms with Crippen LogP contribution in [0.1, 0.15) is 122 Å². The van der Waals surface area contributed by atoms with Gasteiger partial charge in [0.2, 0.25) is 0 Å². The maximum Gasteiger partial charge on any atom is 0.305 e. The van der Waals surface area contributed by atoms with E-state index in [4.69, 9.17) is 4.74 Å². The summed E-state index contributed by atoms with van der Waals surface area (Å²) in [6.45, 7) is 6.62. The molecule has 0 bridgehead atoms.